The Morgan fingerprint density at radius 3 is 2.36 bits per heavy atom. The number of hydrogen-bond acceptors (Lipinski definition) is 4. The highest BCUT2D eigenvalue weighted by Crippen LogP contribution is 2.34. The predicted molar refractivity (Wildman–Crippen MR) is 166 cm³/mol. The molecule has 0 aromatic heterocycles. The van der Waals surface area contributed by atoms with Gasteiger partial charge in [0.15, 0.2) is 0 Å². The van der Waals surface area contributed by atoms with Gasteiger partial charge in [0, 0.05) is 44.2 Å². The van der Waals surface area contributed by atoms with E-state index in [2.05, 4.69) is 84.3 Å². The molecule has 4 aromatic rings. The molecule has 0 saturated carbocycles. The van der Waals surface area contributed by atoms with Crippen molar-refractivity contribution in [3.05, 3.63) is 114 Å². The first-order valence-electron chi connectivity index (χ1n) is 14.6. The normalized spacial score (nSPS) is 17.5. The van der Waals surface area contributed by atoms with Crippen molar-refractivity contribution in [3.63, 3.8) is 0 Å². The summed E-state index contributed by atoms with van der Waals surface area (Å²) < 4.78 is 0. The molecule has 216 valence electrons. The minimum Gasteiger partial charge on any atom is -0.478 e. The van der Waals surface area contributed by atoms with Gasteiger partial charge in [-0.3, -0.25) is 9.59 Å². The maximum absolute atomic E-state index is 13.2. The third-order valence-corrected chi connectivity index (χ3v) is 8.27. The lowest BCUT2D eigenvalue weighted by molar-refractivity contribution is -0.134. The number of carbonyl (C=O) groups excluding carboxylic acids is 2. The topological polar surface area (TPSA) is 98.7 Å². The van der Waals surface area contributed by atoms with Gasteiger partial charge in [-0.2, -0.15) is 0 Å². The van der Waals surface area contributed by atoms with Crippen molar-refractivity contribution in [2.24, 2.45) is 5.92 Å². The van der Waals surface area contributed by atoms with Crippen molar-refractivity contribution in [1.82, 2.24) is 10.2 Å². The van der Waals surface area contributed by atoms with Crippen LogP contribution >= 0.6 is 0 Å². The van der Waals surface area contributed by atoms with Gasteiger partial charge in [-0.25, -0.2) is 4.79 Å². The first-order valence-corrected chi connectivity index (χ1v) is 14.6. The van der Waals surface area contributed by atoms with Crippen molar-refractivity contribution in [2.75, 3.05) is 25.0 Å². The molecular weight excluding hydrogens is 526 g/mol. The van der Waals surface area contributed by atoms with Crippen molar-refractivity contribution in [2.45, 2.75) is 38.1 Å². The van der Waals surface area contributed by atoms with Crippen LogP contribution in [0, 0.1) is 5.92 Å². The number of likely N-dealkylation sites (tertiary alicyclic amines) is 1. The highest BCUT2D eigenvalue weighted by Gasteiger charge is 2.32. The molecule has 5 rings (SSSR count). The monoisotopic (exact) mass is 563 g/mol. The lowest BCUT2D eigenvalue weighted by atomic mass is 9.80. The number of hydrogen-bond donors (Lipinski definition) is 3. The SMILES string of the molecule is C[C@@H](NCC1CN(C(=O)CCC(=O)Nc2ccc(C(=O)O)cc2)CCC1c1ccccc1)c1cccc2ccccc12. The van der Waals surface area contributed by atoms with Crippen LogP contribution in [0.4, 0.5) is 5.69 Å². The van der Waals surface area contributed by atoms with Crippen LogP contribution in [0.25, 0.3) is 10.8 Å². The fraction of sp³-hybridized carbons (Fsp3) is 0.286. The van der Waals surface area contributed by atoms with Gasteiger partial charge in [-0.15, -0.1) is 0 Å². The number of aromatic carboxylic acids is 1. The second-order valence-electron chi connectivity index (χ2n) is 11.0. The van der Waals surface area contributed by atoms with E-state index in [1.807, 2.05) is 11.0 Å². The van der Waals surface area contributed by atoms with Gasteiger partial charge in [0.2, 0.25) is 11.8 Å². The first kappa shape index (κ1) is 29.0. The van der Waals surface area contributed by atoms with Crippen LogP contribution in [0.1, 0.15) is 59.6 Å². The number of nitrogens with one attached hydrogen (secondary N) is 2. The van der Waals surface area contributed by atoms with Crippen molar-refractivity contribution >= 4 is 34.2 Å². The average molecular weight is 564 g/mol. The molecule has 7 heteroatoms. The van der Waals surface area contributed by atoms with Crippen molar-refractivity contribution in [1.29, 1.82) is 0 Å². The van der Waals surface area contributed by atoms with Crippen LogP contribution < -0.4 is 10.6 Å². The molecule has 0 bridgehead atoms. The fourth-order valence-corrected chi connectivity index (χ4v) is 5.97. The van der Waals surface area contributed by atoms with E-state index in [0.29, 0.717) is 24.7 Å². The van der Waals surface area contributed by atoms with Crippen molar-refractivity contribution in [3.8, 4) is 0 Å². The van der Waals surface area contributed by atoms with Gasteiger partial charge in [0.25, 0.3) is 0 Å². The summed E-state index contributed by atoms with van der Waals surface area (Å²) in [4.78, 5) is 38.7. The molecular formula is C35H37N3O4. The summed E-state index contributed by atoms with van der Waals surface area (Å²) in [6.45, 7) is 4.25. The van der Waals surface area contributed by atoms with E-state index in [1.165, 1.54) is 34.0 Å². The largest absolute Gasteiger partial charge is 0.478 e. The molecule has 42 heavy (non-hydrogen) atoms. The second-order valence-corrected chi connectivity index (χ2v) is 11.0. The summed E-state index contributed by atoms with van der Waals surface area (Å²) in [7, 11) is 0. The number of anilines is 1. The molecule has 1 aliphatic heterocycles. The molecule has 4 aromatic carbocycles. The molecule has 1 saturated heterocycles. The second kappa shape index (κ2) is 13.4. The van der Waals surface area contributed by atoms with E-state index in [4.69, 9.17) is 5.11 Å². The molecule has 0 spiro atoms. The Bertz CT molecular complexity index is 1530. The maximum atomic E-state index is 13.2. The summed E-state index contributed by atoms with van der Waals surface area (Å²) in [5.74, 6) is -0.757. The highest BCUT2D eigenvalue weighted by atomic mass is 16.4. The smallest absolute Gasteiger partial charge is 0.335 e. The predicted octanol–water partition coefficient (Wildman–Crippen LogP) is 6.24. The highest BCUT2D eigenvalue weighted by molar-refractivity contribution is 5.94. The third-order valence-electron chi connectivity index (χ3n) is 8.27. The Morgan fingerprint density at radius 1 is 0.881 bits per heavy atom. The Hall–Kier alpha value is -4.49. The Labute approximate surface area is 246 Å². The summed E-state index contributed by atoms with van der Waals surface area (Å²) in [6.07, 6.45) is 1.06. The Kier molecular flexibility index (Phi) is 9.29. The summed E-state index contributed by atoms with van der Waals surface area (Å²) >= 11 is 0. The fourth-order valence-electron chi connectivity index (χ4n) is 5.97. The van der Waals surface area contributed by atoms with Gasteiger partial charge in [0.05, 0.1) is 5.56 Å². The average Bonchev–Trinajstić information content (AvgIpc) is 3.02. The first-order chi connectivity index (χ1) is 20.4. The van der Waals surface area contributed by atoms with Gasteiger partial charge in [-0.05, 0) is 71.3 Å². The number of carbonyl (C=O) groups is 3. The summed E-state index contributed by atoms with van der Waals surface area (Å²) in [6, 6.07) is 31.5. The third kappa shape index (κ3) is 7.04. The molecule has 1 heterocycles. The molecule has 3 atom stereocenters. The summed E-state index contributed by atoms with van der Waals surface area (Å²) in [5.41, 5.74) is 3.21. The van der Waals surface area contributed by atoms with E-state index in [0.717, 1.165) is 13.0 Å². The van der Waals surface area contributed by atoms with Crippen LogP contribution in [0.5, 0.6) is 0 Å². The van der Waals surface area contributed by atoms with Gasteiger partial charge in [-0.1, -0.05) is 72.8 Å². The van der Waals surface area contributed by atoms with E-state index in [9.17, 15) is 14.4 Å². The lowest BCUT2D eigenvalue weighted by Crippen LogP contribution is -2.46. The van der Waals surface area contributed by atoms with Crippen LogP contribution in [0.2, 0.25) is 0 Å². The molecule has 7 nitrogen and oxygen atoms in total. The quantitative estimate of drug-likeness (QED) is 0.212. The number of amides is 2. The van der Waals surface area contributed by atoms with Gasteiger partial charge >= 0.3 is 5.97 Å². The minimum absolute atomic E-state index is 0.0232. The van der Waals surface area contributed by atoms with Gasteiger partial charge in [0.1, 0.15) is 0 Å². The lowest BCUT2D eigenvalue weighted by Gasteiger charge is -2.39. The molecule has 3 N–H and O–H groups in total. The minimum atomic E-state index is -1.02. The number of carboxylic acids is 1. The number of rotatable bonds is 10. The van der Waals surface area contributed by atoms with E-state index >= 15 is 0 Å². The zero-order chi connectivity index (χ0) is 29.5. The molecule has 0 radical (unpaired) electrons. The number of benzene rings is 4. The standard InChI is InChI=1S/C35H37N3O4/c1-24(30-13-7-11-26-10-5-6-12-32(26)30)36-22-28-23-38(21-20-31(28)25-8-3-2-4-9-25)34(40)19-18-33(39)37-29-16-14-27(15-17-29)35(41)42/h2-17,24,28,31,36H,18-23H2,1H3,(H,37,39)(H,41,42)/t24-,28?,31?/m1/s1. The number of piperidine rings is 1. The number of carboxylic acid groups (broad SMARTS) is 1. The van der Waals surface area contributed by atoms with Crippen LogP contribution in [-0.2, 0) is 9.59 Å². The molecule has 0 aliphatic carbocycles. The Balaban J connectivity index is 1.21. The zero-order valence-corrected chi connectivity index (χ0v) is 23.8. The molecule has 1 fully saturated rings. The molecule has 2 amide bonds. The summed E-state index contributed by atoms with van der Waals surface area (Å²) in [5, 5.41) is 18.0. The molecule has 1 aliphatic rings. The number of nitrogens with zero attached hydrogens (tertiary/aromatic N) is 1. The molecule has 2 unspecified atom stereocenters. The van der Waals surface area contributed by atoms with Gasteiger partial charge < -0.3 is 20.6 Å². The van der Waals surface area contributed by atoms with Crippen LogP contribution in [-0.4, -0.2) is 47.4 Å². The van der Waals surface area contributed by atoms with E-state index < -0.39 is 5.97 Å². The van der Waals surface area contributed by atoms with Crippen LogP contribution in [0.15, 0.2) is 97.1 Å². The van der Waals surface area contributed by atoms with Crippen LogP contribution in [0.3, 0.4) is 0 Å². The zero-order valence-electron chi connectivity index (χ0n) is 23.8. The number of fused-ring (bicyclic) bond motifs is 1. The maximum Gasteiger partial charge on any atom is 0.335 e. The Morgan fingerprint density at radius 2 is 1.60 bits per heavy atom. The van der Waals surface area contributed by atoms with E-state index in [-0.39, 0.29) is 42.2 Å². The van der Waals surface area contributed by atoms with E-state index in [1.54, 1.807) is 12.1 Å². The van der Waals surface area contributed by atoms with Crippen molar-refractivity contribution < 1.29 is 19.5 Å².